The van der Waals surface area contributed by atoms with Gasteiger partial charge in [0.1, 0.15) is 5.82 Å². The molecular weight excluding hydrogens is 256 g/mol. The maximum atomic E-state index is 10.8. The van der Waals surface area contributed by atoms with Crippen molar-refractivity contribution in [3.8, 4) is 17.4 Å². The van der Waals surface area contributed by atoms with Gasteiger partial charge in [0.25, 0.3) is 0 Å². The SMILES string of the molecule is COc1ccc(-n2nccc2-n2ccc(C=O)c2)cn1. The van der Waals surface area contributed by atoms with Gasteiger partial charge in [0.15, 0.2) is 6.29 Å². The maximum Gasteiger partial charge on any atom is 0.213 e. The lowest BCUT2D eigenvalue weighted by atomic mass is 10.4. The third kappa shape index (κ3) is 2.07. The predicted octanol–water partition coefficient (Wildman–Crippen LogP) is 1.88. The molecule has 0 aliphatic carbocycles. The van der Waals surface area contributed by atoms with Crippen molar-refractivity contribution in [3.63, 3.8) is 0 Å². The van der Waals surface area contributed by atoms with E-state index in [1.54, 1.807) is 42.5 Å². The standard InChI is InChI=1S/C14H12N4O2/c1-20-13-3-2-12(8-15-13)18-14(4-6-16-18)17-7-5-11(9-17)10-19/h2-10H,1H3. The Morgan fingerprint density at radius 3 is 2.80 bits per heavy atom. The van der Waals surface area contributed by atoms with E-state index in [0.29, 0.717) is 11.4 Å². The van der Waals surface area contributed by atoms with Crippen molar-refractivity contribution in [3.05, 3.63) is 54.6 Å². The second-order valence-electron chi connectivity index (χ2n) is 4.13. The number of carbonyl (C=O) groups excluding carboxylic acids is 1. The molecule has 0 radical (unpaired) electrons. The van der Waals surface area contributed by atoms with E-state index < -0.39 is 0 Å². The fourth-order valence-electron chi connectivity index (χ4n) is 1.93. The molecule has 100 valence electrons. The number of aldehydes is 1. The number of pyridine rings is 1. The first kappa shape index (κ1) is 12.2. The van der Waals surface area contributed by atoms with Gasteiger partial charge in [0, 0.05) is 30.1 Å². The monoisotopic (exact) mass is 268 g/mol. The van der Waals surface area contributed by atoms with Crippen LogP contribution < -0.4 is 4.74 Å². The van der Waals surface area contributed by atoms with Crippen LogP contribution in [0.3, 0.4) is 0 Å². The average molecular weight is 268 g/mol. The van der Waals surface area contributed by atoms with Crippen LogP contribution in [-0.4, -0.2) is 32.7 Å². The number of hydrogen-bond donors (Lipinski definition) is 0. The summed E-state index contributed by atoms with van der Waals surface area (Å²) in [4.78, 5) is 14.9. The van der Waals surface area contributed by atoms with E-state index in [4.69, 9.17) is 4.74 Å². The molecule has 0 aromatic carbocycles. The van der Waals surface area contributed by atoms with Gasteiger partial charge in [-0.05, 0) is 12.1 Å². The molecule has 0 atom stereocenters. The molecule has 0 aliphatic rings. The van der Waals surface area contributed by atoms with Crippen molar-refractivity contribution < 1.29 is 9.53 Å². The van der Waals surface area contributed by atoms with Crippen molar-refractivity contribution in [2.24, 2.45) is 0 Å². The van der Waals surface area contributed by atoms with Gasteiger partial charge in [-0.2, -0.15) is 5.10 Å². The molecule has 3 heterocycles. The fraction of sp³-hybridized carbons (Fsp3) is 0.0714. The number of rotatable bonds is 4. The number of nitrogens with zero attached hydrogens (tertiary/aromatic N) is 4. The van der Waals surface area contributed by atoms with E-state index >= 15 is 0 Å². The highest BCUT2D eigenvalue weighted by atomic mass is 16.5. The normalized spacial score (nSPS) is 10.4. The molecule has 6 heteroatoms. The summed E-state index contributed by atoms with van der Waals surface area (Å²) in [5.74, 6) is 1.37. The van der Waals surface area contributed by atoms with E-state index in [0.717, 1.165) is 17.8 Å². The van der Waals surface area contributed by atoms with Crippen molar-refractivity contribution in [1.29, 1.82) is 0 Å². The molecule has 0 saturated carbocycles. The summed E-state index contributed by atoms with van der Waals surface area (Å²) in [6, 6.07) is 7.25. The molecule has 0 fully saturated rings. The van der Waals surface area contributed by atoms with E-state index in [1.807, 2.05) is 22.9 Å². The van der Waals surface area contributed by atoms with Crippen LogP contribution in [0.4, 0.5) is 0 Å². The van der Waals surface area contributed by atoms with Gasteiger partial charge in [-0.25, -0.2) is 9.67 Å². The smallest absolute Gasteiger partial charge is 0.213 e. The van der Waals surface area contributed by atoms with Crippen molar-refractivity contribution in [2.75, 3.05) is 7.11 Å². The summed E-state index contributed by atoms with van der Waals surface area (Å²) >= 11 is 0. The first-order valence-corrected chi connectivity index (χ1v) is 6.00. The molecule has 0 bridgehead atoms. The van der Waals surface area contributed by atoms with Crippen LogP contribution in [0.25, 0.3) is 11.5 Å². The minimum atomic E-state index is 0.548. The summed E-state index contributed by atoms with van der Waals surface area (Å²) in [6.45, 7) is 0. The first-order chi connectivity index (χ1) is 9.81. The first-order valence-electron chi connectivity index (χ1n) is 6.00. The molecule has 3 aromatic rings. The molecule has 3 rings (SSSR count). The minimum Gasteiger partial charge on any atom is -0.481 e. The van der Waals surface area contributed by atoms with Crippen LogP contribution >= 0.6 is 0 Å². The molecule has 0 unspecified atom stereocenters. The highest BCUT2D eigenvalue weighted by molar-refractivity contribution is 5.74. The molecule has 3 aromatic heterocycles. The zero-order valence-electron chi connectivity index (χ0n) is 10.8. The third-order valence-corrected chi connectivity index (χ3v) is 2.91. The Bertz CT molecular complexity index is 728. The maximum absolute atomic E-state index is 10.8. The second-order valence-corrected chi connectivity index (χ2v) is 4.13. The zero-order chi connectivity index (χ0) is 13.9. The van der Waals surface area contributed by atoms with Crippen LogP contribution in [-0.2, 0) is 0 Å². The number of carbonyl (C=O) groups is 1. The van der Waals surface area contributed by atoms with Gasteiger partial charge in [-0.1, -0.05) is 0 Å². The van der Waals surface area contributed by atoms with Crippen LogP contribution in [0.1, 0.15) is 10.4 Å². The lowest BCUT2D eigenvalue weighted by molar-refractivity contribution is 0.112. The summed E-state index contributed by atoms with van der Waals surface area (Å²) in [6.07, 6.45) is 7.75. The summed E-state index contributed by atoms with van der Waals surface area (Å²) < 4.78 is 8.61. The number of ether oxygens (including phenoxy) is 1. The fourth-order valence-corrected chi connectivity index (χ4v) is 1.93. The highest BCUT2D eigenvalue weighted by Gasteiger charge is 2.08. The highest BCUT2D eigenvalue weighted by Crippen LogP contribution is 2.16. The molecule has 6 nitrogen and oxygen atoms in total. The van der Waals surface area contributed by atoms with E-state index in [-0.39, 0.29) is 0 Å². The molecule has 20 heavy (non-hydrogen) atoms. The second kappa shape index (κ2) is 5.00. The Balaban J connectivity index is 2.02. The Morgan fingerprint density at radius 2 is 2.15 bits per heavy atom. The summed E-state index contributed by atoms with van der Waals surface area (Å²) in [5, 5.41) is 4.28. The van der Waals surface area contributed by atoms with Crippen molar-refractivity contribution in [2.45, 2.75) is 0 Å². The number of aromatic nitrogens is 4. The topological polar surface area (TPSA) is 61.9 Å². The predicted molar refractivity (Wildman–Crippen MR) is 72.6 cm³/mol. The largest absolute Gasteiger partial charge is 0.481 e. The van der Waals surface area contributed by atoms with E-state index in [1.165, 1.54) is 0 Å². The molecule has 0 saturated heterocycles. The summed E-state index contributed by atoms with van der Waals surface area (Å²) in [7, 11) is 1.57. The van der Waals surface area contributed by atoms with Gasteiger partial charge in [0.05, 0.1) is 25.2 Å². The third-order valence-electron chi connectivity index (χ3n) is 2.91. The molecule has 0 N–H and O–H groups in total. The van der Waals surface area contributed by atoms with Crippen LogP contribution in [0.15, 0.2) is 49.1 Å². The lowest BCUT2D eigenvalue weighted by Gasteiger charge is -2.08. The van der Waals surface area contributed by atoms with Gasteiger partial charge in [0.2, 0.25) is 5.88 Å². The quantitative estimate of drug-likeness (QED) is 0.678. The van der Waals surface area contributed by atoms with Gasteiger partial charge in [-0.15, -0.1) is 0 Å². The van der Waals surface area contributed by atoms with E-state index in [2.05, 4.69) is 10.1 Å². The number of hydrogen-bond acceptors (Lipinski definition) is 4. The van der Waals surface area contributed by atoms with Crippen LogP contribution in [0, 0.1) is 0 Å². The van der Waals surface area contributed by atoms with Gasteiger partial charge >= 0.3 is 0 Å². The van der Waals surface area contributed by atoms with Crippen molar-refractivity contribution in [1.82, 2.24) is 19.3 Å². The Kier molecular flexibility index (Phi) is 3.04. The van der Waals surface area contributed by atoms with Crippen LogP contribution in [0.2, 0.25) is 0 Å². The molecule has 0 aliphatic heterocycles. The van der Waals surface area contributed by atoms with E-state index in [9.17, 15) is 4.79 Å². The average Bonchev–Trinajstić information content (AvgIpc) is 3.15. The number of methoxy groups -OCH3 is 1. The lowest BCUT2D eigenvalue weighted by Crippen LogP contribution is -2.04. The Hall–Kier alpha value is -2.89. The molecule has 0 amide bonds. The summed E-state index contributed by atoms with van der Waals surface area (Å²) in [5.41, 5.74) is 1.43. The Morgan fingerprint density at radius 1 is 1.25 bits per heavy atom. The van der Waals surface area contributed by atoms with Crippen LogP contribution in [0.5, 0.6) is 5.88 Å². The zero-order valence-corrected chi connectivity index (χ0v) is 10.8. The molecular formula is C14H12N4O2. The Labute approximate surface area is 115 Å². The van der Waals surface area contributed by atoms with Gasteiger partial charge < -0.3 is 9.30 Å². The van der Waals surface area contributed by atoms with Gasteiger partial charge in [-0.3, -0.25) is 4.79 Å². The minimum absolute atomic E-state index is 0.548. The molecule has 0 spiro atoms. The van der Waals surface area contributed by atoms with Crippen molar-refractivity contribution >= 4 is 6.29 Å².